The molecule has 0 saturated heterocycles. The Morgan fingerprint density at radius 3 is 2.60 bits per heavy atom. The van der Waals surface area contributed by atoms with E-state index in [4.69, 9.17) is 0 Å². The number of halogens is 2. The highest BCUT2D eigenvalue weighted by Crippen LogP contribution is 2.16. The lowest BCUT2D eigenvalue weighted by molar-refractivity contribution is -0.113. The van der Waals surface area contributed by atoms with Crippen LogP contribution in [0.3, 0.4) is 0 Å². The van der Waals surface area contributed by atoms with Gasteiger partial charge in [-0.05, 0) is 30.4 Å². The minimum atomic E-state index is -0.865. The summed E-state index contributed by atoms with van der Waals surface area (Å²) in [7, 11) is 0. The largest absolute Gasteiger partial charge is 0.287 e. The van der Waals surface area contributed by atoms with E-state index in [2.05, 4.69) is 0 Å². The van der Waals surface area contributed by atoms with Crippen LogP contribution >= 0.6 is 11.8 Å². The highest BCUT2D eigenvalue weighted by Gasteiger charge is 2.13. The van der Waals surface area contributed by atoms with Gasteiger partial charge >= 0.3 is 0 Å². The zero-order valence-corrected chi connectivity index (χ0v) is 9.41. The van der Waals surface area contributed by atoms with Crippen LogP contribution in [-0.4, -0.2) is 11.4 Å². The van der Waals surface area contributed by atoms with E-state index in [1.54, 1.807) is 13.2 Å². The molecule has 1 atom stereocenters. The van der Waals surface area contributed by atoms with Crippen molar-refractivity contribution in [2.75, 3.05) is 6.26 Å². The van der Waals surface area contributed by atoms with E-state index >= 15 is 0 Å². The Kier molecular flexibility index (Phi) is 4.27. The van der Waals surface area contributed by atoms with Gasteiger partial charge in [0.2, 0.25) is 0 Å². The van der Waals surface area contributed by atoms with Crippen LogP contribution in [0.1, 0.15) is 12.5 Å². The SMILES string of the molecule is CSC(=O)[C@@H](C)Cc1ccc(F)c(F)c1. The molecular formula is C11H12F2OS. The van der Waals surface area contributed by atoms with E-state index in [-0.39, 0.29) is 11.0 Å². The van der Waals surface area contributed by atoms with Crippen LogP contribution in [0.25, 0.3) is 0 Å². The third-order valence-electron chi connectivity index (χ3n) is 2.13. The average Bonchev–Trinajstić information content (AvgIpc) is 2.22. The van der Waals surface area contributed by atoms with E-state index < -0.39 is 11.6 Å². The van der Waals surface area contributed by atoms with Gasteiger partial charge in [-0.3, -0.25) is 4.79 Å². The molecule has 0 N–H and O–H groups in total. The minimum Gasteiger partial charge on any atom is -0.287 e. The molecule has 0 amide bonds. The first kappa shape index (κ1) is 12.2. The molecule has 1 aromatic carbocycles. The van der Waals surface area contributed by atoms with Crippen molar-refractivity contribution in [3.8, 4) is 0 Å². The summed E-state index contributed by atoms with van der Waals surface area (Å²) < 4.78 is 25.5. The van der Waals surface area contributed by atoms with Gasteiger partial charge in [0.05, 0.1) is 0 Å². The molecule has 4 heteroatoms. The van der Waals surface area contributed by atoms with Crippen LogP contribution in [0, 0.1) is 17.6 Å². The van der Waals surface area contributed by atoms with Crippen molar-refractivity contribution in [3.63, 3.8) is 0 Å². The Hall–Kier alpha value is -0.900. The fourth-order valence-corrected chi connectivity index (χ4v) is 1.79. The maximum Gasteiger partial charge on any atom is 0.191 e. The summed E-state index contributed by atoms with van der Waals surface area (Å²) in [6.45, 7) is 1.78. The van der Waals surface area contributed by atoms with E-state index in [0.717, 1.165) is 23.9 Å². The summed E-state index contributed by atoms with van der Waals surface area (Å²) in [6, 6.07) is 3.73. The number of hydrogen-bond donors (Lipinski definition) is 0. The molecular weight excluding hydrogens is 218 g/mol. The summed E-state index contributed by atoms with van der Waals surface area (Å²) in [5.41, 5.74) is 0.642. The molecule has 0 aliphatic rings. The van der Waals surface area contributed by atoms with Gasteiger partial charge in [-0.1, -0.05) is 24.8 Å². The van der Waals surface area contributed by atoms with Crippen molar-refractivity contribution in [2.24, 2.45) is 5.92 Å². The number of carbonyl (C=O) groups excluding carboxylic acids is 1. The summed E-state index contributed by atoms with van der Waals surface area (Å²) in [4.78, 5) is 11.3. The Balaban J connectivity index is 2.73. The van der Waals surface area contributed by atoms with Crippen LogP contribution in [0.2, 0.25) is 0 Å². The monoisotopic (exact) mass is 230 g/mol. The third-order valence-corrected chi connectivity index (χ3v) is 2.93. The van der Waals surface area contributed by atoms with Crippen LogP contribution in [0.15, 0.2) is 18.2 Å². The molecule has 0 saturated carbocycles. The van der Waals surface area contributed by atoms with E-state index in [9.17, 15) is 13.6 Å². The minimum absolute atomic E-state index is 0.0553. The number of carbonyl (C=O) groups is 1. The fourth-order valence-electron chi connectivity index (χ4n) is 1.30. The molecule has 0 spiro atoms. The maximum atomic E-state index is 12.8. The highest BCUT2D eigenvalue weighted by atomic mass is 32.2. The zero-order chi connectivity index (χ0) is 11.4. The molecule has 0 aliphatic carbocycles. The van der Waals surface area contributed by atoms with Crippen molar-refractivity contribution in [1.29, 1.82) is 0 Å². The van der Waals surface area contributed by atoms with Crippen molar-refractivity contribution < 1.29 is 13.6 Å². The first-order chi connectivity index (χ1) is 7.04. The van der Waals surface area contributed by atoms with Crippen LogP contribution in [0.5, 0.6) is 0 Å². The Bertz CT molecular complexity index is 366. The summed E-state index contributed by atoms with van der Waals surface area (Å²) in [5.74, 6) is -1.90. The number of benzene rings is 1. The van der Waals surface area contributed by atoms with Crippen molar-refractivity contribution in [1.82, 2.24) is 0 Å². The molecule has 0 unspecified atom stereocenters. The number of thioether (sulfide) groups is 1. The van der Waals surface area contributed by atoms with Crippen LogP contribution in [-0.2, 0) is 11.2 Å². The third kappa shape index (κ3) is 3.30. The van der Waals surface area contributed by atoms with Gasteiger partial charge < -0.3 is 0 Å². The molecule has 1 rings (SSSR count). The second-order valence-electron chi connectivity index (χ2n) is 3.38. The smallest absolute Gasteiger partial charge is 0.191 e. The standard InChI is InChI=1S/C11H12F2OS/c1-7(11(14)15-2)5-8-3-4-9(12)10(13)6-8/h3-4,6-7H,5H2,1-2H3/t7-/m0/s1. The summed E-state index contributed by atoms with van der Waals surface area (Å²) in [6.07, 6.45) is 2.15. The normalized spacial score (nSPS) is 12.5. The van der Waals surface area contributed by atoms with E-state index in [1.165, 1.54) is 6.07 Å². The van der Waals surface area contributed by atoms with Gasteiger partial charge in [0.1, 0.15) is 0 Å². The molecule has 1 nitrogen and oxygen atoms in total. The first-order valence-electron chi connectivity index (χ1n) is 4.56. The highest BCUT2D eigenvalue weighted by molar-refractivity contribution is 8.13. The number of rotatable bonds is 3. The maximum absolute atomic E-state index is 12.8. The van der Waals surface area contributed by atoms with Gasteiger partial charge in [0.15, 0.2) is 16.7 Å². The molecule has 0 aromatic heterocycles. The Morgan fingerprint density at radius 2 is 2.07 bits per heavy atom. The average molecular weight is 230 g/mol. The molecule has 0 radical (unpaired) electrons. The van der Waals surface area contributed by atoms with Crippen LogP contribution in [0.4, 0.5) is 8.78 Å². The van der Waals surface area contributed by atoms with E-state index in [1.807, 2.05) is 0 Å². The van der Waals surface area contributed by atoms with Gasteiger partial charge in [-0.15, -0.1) is 0 Å². The molecule has 0 bridgehead atoms. The lowest BCUT2D eigenvalue weighted by Gasteiger charge is -2.08. The van der Waals surface area contributed by atoms with Crippen molar-refractivity contribution in [3.05, 3.63) is 35.4 Å². The summed E-state index contributed by atoms with van der Waals surface area (Å²) >= 11 is 1.15. The van der Waals surface area contributed by atoms with Crippen LogP contribution < -0.4 is 0 Å². The van der Waals surface area contributed by atoms with Gasteiger partial charge in [-0.2, -0.15) is 0 Å². The van der Waals surface area contributed by atoms with Crippen molar-refractivity contribution in [2.45, 2.75) is 13.3 Å². The molecule has 82 valence electrons. The fraction of sp³-hybridized carbons (Fsp3) is 0.364. The zero-order valence-electron chi connectivity index (χ0n) is 8.59. The number of hydrogen-bond acceptors (Lipinski definition) is 2. The Morgan fingerprint density at radius 1 is 1.40 bits per heavy atom. The Labute approximate surface area is 91.9 Å². The second-order valence-corrected chi connectivity index (χ2v) is 4.19. The lowest BCUT2D eigenvalue weighted by atomic mass is 10.0. The van der Waals surface area contributed by atoms with Crippen molar-refractivity contribution >= 4 is 16.9 Å². The van der Waals surface area contributed by atoms with Gasteiger partial charge in [0.25, 0.3) is 0 Å². The lowest BCUT2D eigenvalue weighted by Crippen LogP contribution is -2.09. The molecule has 15 heavy (non-hydrogen) atoms. The molecule has 1 aromatic rings. The molecule has 0 fully saturated rings. The topological polar surface area (TPSA) is 17.1 Å². The molecule has 0 aliphatic heterocycles. The molecule has 0 heterocycles. The van der Waals surface area contributed by atoms with Gasteiger partial charge in [-0.25, -0.2) is 8.78 Å². The first-order valence-corrected chi connectivity index (χ1v) is 5.79. The second kappa shape index (κ2) is 5.26. The van der Waals surface area contributed by atoms with Gasteiger partial charge in [0, 0.05) is 5.92 Å². The summed E-state index contributed by atoms with van der Waals surface area (Å²) in [5, 5.41) is 0.0553. The predicted octanol–water partition coefficient (Wildman–Crippen LogP) is 3.03. The quantitative estimate of drug-likeness (QED) is 0.794. The predicted molar refractivity (Wildman–Crippen MR) is 57.7 cm³/mol. The van der Waals surface area contributed by atoms with E-state index in [0.29, 0.717) is 12.0 Å².